The molecule has 0 bridgehead atoms. The Morgan fingerprint density at radius 3 is 2.50 bits per heavy atom. The minimum absolute atomic E-state index is 0.488. The minimum Gasteiger partial charge on any atom is -0.440 e. The van der Waals surface area contributed by atoms with Crippen molar-refractivity contribution >= 4 is 5.69 Å². The summed E-state index contributed by atoms with van der Waals surface area (Å²) < 4.78 is 4.98. The molecule has 5 nitrogen and oxygen atoms in total. The maximum atomic E-state index is 5.41. The van der Waals surface area contributed by atoms with Gasteiger partial charge in [0.1, 0.15) is 0 Å². The molecule has 0 aromatic carbocycles. The van der Waals surface area contributed by atoms with Crippen LogP contribution in [-0.2, 0) is 0 Å². The number of hydrogen-bond donors (Lipinski definition) is 1. The van der Waals surface area contributed by atoms with Crippen LogP contribution in [-0.4, -0.2) is 15.0 Å². The number of hydrogen-bond acceptors (Lipinski definition) is 5. The van der Waals surface area contributed by atoms with Crippen LogP contribution >= 0.6 is 0 Å². The van der Waals surface area contributed by atoms with Crippen molar-refractivity contribution in [3.8, 4) is 11.6 Å². The van der Waals surface area contributed by atoms with Gasteiger partial charge in [-0.3, -0.25) is 0 Å². The van der Waals surface area contributed by atoms with Crippen LogP contribution in [0.4, 0.5) is 5.69 Å². The number of nitrogen functional groups attached to an aromatic ring is 1. The fourth-order valence-corrected chi connectivity index (χ4v) is 0.791. The fraction of sp³-hybridized carbons (Fsp3) is 0. The van der Waals surface area contributed by atoms with Gasteiger partial charge in [0.2, 0.25) is 0 Å². The lowest BCUT2D eigenvalue weighted by molar-refractivity contribution is 0.567. The molecule has 0 radical (unpaired) electrons. The molecule has 2 rings (SSSR count). The molecule has 0 atom stereocenters. The van der Waals surface area contributed by atoms with Crippen molar-refractivity contribution in [3.05, 3.63) is 25.0 Å². The van der Waals surface area contributed by atoms with Crippen molar-refractivity contribution in [2.24, 2.45) is 0 Å². The summed E-state index contributed by atoms with van der Waals surface area (Å²) in [5.41, 5.74) is 5.93. The summed E-state index contributed by atoms with van der Waals surface area (Å²) in [6, 6.07) is 0. The van der Waals surface area contributed by atoms with Gasteiger partial charge in [0.05, 0.1) is 24.3 Å². The molecule has 0 saturated carbocycles. The van der Waals surface area contributed by atoms with E-state index in [1.54, 1.807) is 6.20 Å². The molecule has 0 spiro atoms. The van der Waals surface area contributed by atoms with Crippen LogP contribution in [0.15, 0.2) is 29.4 Å². The first-order chi connectivity index (χ1) is 5.86. The van der Waals surface area contributed by atoms with E-state index in [1.807, 2.05) is 0 Å². The topological polar surface area (TPSA) is 77.8 Å². The van der Waals surface area contributed by atoms with Gasteiger partial charge in [-0.25, -0.2) is 15.0 Å². The normalized spacial score (nSPS) is 10.0. The lowest BCUT2D eigenvalue weighted by Crippen LogP contribution is -1.90. The van der Waals surface area contributed by atoms with Gasteiger partial charge >= 0.3 is 0 Å². The average Bonchev–Trinajstić information content (AvgIpc) is 2.58. The molecule has 2 aromatic heterocycles. The minimum atomic E-state index is 0.488. The second kappa shape index (κ2) is 2.61. The van der Waals surface area contributed by atoms with Crippen LogP contribution < -0.4 is 5.73 Å². The Labute approximate surface area is 68.3 Å². The highest BCUT2D eigenvalue weighted by molar-refractivity contribution is 5.46. The fourth-order valence-electron chi connectivity index (χ4n) is 0.791. The molecule has 0 aliphatic rings. The third-order valence-electron chi connectivity index (χ3n) is 1.32. The number of rotatable bonds is 1. The zero-order chi connectivity index (χ0) is 8.39. The first kappa shape index (κ1) is 6.78. The Balaban J connectivity index is 2.43. The molecule has 0 saturated heterocycles. The molecule has 12 heavy (non-hydrogen) atoms. The maximum absolute atomic E-state index is 5.41. The van der Waals surface area contributed by atoms with Crippen molar-refractivity contribution in [2.75, 3.05) is 5.73 Å². The highest BCUT2D eigenvalue weighted by Gasteiger charge is 2.02. The molecule has 5 heteroatoms. The summed E-state index contributed by atoms with van der Waals surface area (Å²) in [6.07, 6.45) is 5.91. The smallest absolute Gasteiger partial charge is 0.197 e. The molecule has 2 N–H and O–H groups in total. The number of oxazole rings is 1. The van der Waals surface area contributed by atoms with E-state index in [2.05, 4.69) is 15.0 Å². The molecule has 0 aliphatic carbocycles. The predicted octanol–water partition coefficient (Wildman–Crippen LogP) is 0.714. The molecular formula is C7H6N4O. The Morgan fingerprint density at radius 2 is 1.92 bits per heavy atom. The quantitative estimate of drug-likeness (QED) is 0.668. The van der Waals surface area contributed by atoms with Crippen molar-refractivity contribution in [1.29, 1.82) is 0 Å². The first-order valence-corrected chi connectivity index (χ1v) is 3.32. The SMILES string of the molecule is Nc1cnc(-c2cnco2)nc1. The summed E-state index contributed by atoms with van der Waals surface area (Å²) in [4.78, 5) is 11.6. The second-order valence-electron chi connectivity index (χ2n) is 2.21. The largest absolute Gasteiger partial charge is 0.440 e. The maximum Gasteiger partial charge on any atom is 0.197 e. The van der Waals surface area contributed by atoms with Gasteiger partial charge in [0.25, 0.3) is 0 Å². The second-order valence-corrected chi connectivity index (χ2v) is 2.21. The van der Waals surface area contributed by atoms with E-state index in [4.69, 9.17) is 10.2 Å². The molecule has 0 unspecified atom stereocenters. The molecule has 0 aliphatic heterocycles. The summed E-state index contributed by atoms with van der Waals surface area (Å²) in [5.74, 6) is 1.02. The molecular weight excluding hydrogens is 156 g/mol. The van der Waals surface area contributed by atoms with Crippen molar-refractivity contribution < 1.29 is 4.42 Å². The van der Waals surface area contributed by atoms with Crippen molar-refractivity contribution in [3.63, 3.8) is 0 Å². The Morgan fingerprint density at radius 1 is 1.17 bits per heavy atom. The van der Waals surface area contributed by atoms with Gasteiger partial charge in [0, 0.05) is 0 Å². The zero-order valence-corrected chi connectivity index (χ0v) is 6.14. The van der Waals surface area contributed by atoms with Gasteiger partial charge in [-0.1, -0.05) is 0 Å². The van der Waals surface area contributed by atoms with Gasteiger partial charge in [0.15, 0.2) is 18.0 Å². The Hall–Kier alpha value is -1.91. The Bertz CT molecular complexity index is 353. The van der Waals surface area contributed by atoms with Crippen molar-refractivity contribution in [1.82, 2.24) is 15.0 Å². The van der Waals surface area contributed by atoms with E-state index >= 15 is 0 Å². The van der Waals surface area contributed by atoms with E-state index in [0.29, 0.717) is 17.3 Å². The summed E-state index contributed by atoms with van der Waals surface area (Å²) in [7, 11) is 0. The van der Waals surface area contributed by atoms with E-state index in [-0.39, 0.29) is 0 Å². The summed E-state index contributed by atoms with van der Waals surface area (Å²) >= 11 is 0. The summed E-state index contributed by atoms with van der Waals surface area (Å²) in [5, 5.41) is 0. The summed E-state index contributed by atoms with van der Waals surface area (Å²) in [6.45, 7) is 0. The number of nitrogens with two attached hydrogens (primary N) is 1. The number of anilines is 1. The Kier molecular flexibility index (Phi) is 1.48. The van der Waals surface area contributed by atoms with E-state index in [9.17, 15) is 0 Å². The first-order valence-electron chi connectivity index (χ1n) is 3.32. The van der Waals surface area contributed by atoms with E-state index in [0.717, 1.165) is 0 Å². The monoisotopic (exact) mass is 162 g/mol. The average molecular weight is 162 g/mol. The predicted molar refractivity (Wildman–Crippen MR) is 41.9 cm³/mol. The van der Waals surface area contributed by atoms with Crippen LogP contribution in [0.2, 0.25) is 0 Å². The zero-order valence-electron chi connectivity index (χ0n) is 6.14. The van der Waals surface area contributed by atoms with Gasteiger partial charge in [-0.2, -0.15) is 0 Å². The van der Waals surface area contributed by atoms with Crippen LogP contribution in [0.1, 0.15) is 0 Å². The molecule has 60 valence electrons. The van der Waals surface area contributed by atoms with Crippen LogP contribution in [0.25, 0.3) is 11.6 Å². The lowest BCUT2D eigenvalue weighted by atomic mass is 10.4. The van der Waals surface area contributed by atoms with Crippen LogP contribution in [0.3, 0.4) is 0 Å². The number of nitrogens with zero attached hydrogens (tertiary/aromatic N) is 3. The van der Waals surface area contributed by atoms with Gasteiger partial charge < -0.3 is 10.2 Å². The molecule has 0 amide bonds. The number of aromatic nitrogens is 3. The van der Waals surface area contributed by atoms with Crippen LogP contribution in [0, 0.1) is 0 Å². The van der Waals surface area contributed by atoms with Crippen molar-refractivity contribution in [2.45, 2.75) is 0 Å². The van der Waals surface area contributed by atoms with Crippen LogP contribution in [0.5, 0.6) is 0 Å². The highest BCUT2D eigenvalue weighted by Crippen LogP contribution is 2.12. The third-order valence-corrected chi connectivity index (χ3v) is 1.32. The standard InChI is InChI=1S/C7H6N4O/c8-5-1-10-7(11-2-5)6-3-9-4-12-6/h1-4H,8H2. The molecule has 0 fully saturated rings. The third kappa shape index (κ3) is 1.12. The molecule has 2 heterocycles. The van der Waals surface area contributed by atoms with E-state index in [1.165, 1.54) is 18.8 Å². The lowest BCUT2D eigenvalue weighted by Gasteiger charge is -1.93. The molecule has 2 aromatic rings. The highest BCUT2D eigenvalue weighted by atomic mass is 16.3. The van der Waals surface area contributed by atoms with Gasteiger partial charge in [-0.15, -0.1) is 0 Å². The van der Waals surface area contributed by atoms with E-state index < -0.39 is 0 Å². The van der Waals surface area contributed by atoms with Gasteiger partial charge in [-0.05, 0) is 0 Å².